The Hall–Kier alpha value is -2.89. The lowest BCUT2D eigenvalue weighted by atomic mass is 10.0. The number of ether oxygens (including phenoxy) is 3. The summed E-state index contributed by atoms with van der Waals surface area (Å²) in [7, 11) is 0. The molecule has 6 heteroatoms. The number of allylic oxidation sites excluding steroid dienone is 10. The third-order valence-corrected chi connectivity index (χ3v) is 12.5. The zero-order valence-electron chi connectivity index (χ0n) is 44.4. The largest absolute Gasteiger partial charge is 0.462 e. The average Bonchev–Trinajstić information content (AvgIpc) is 3.33. The minimum atomic E-state index is -0.790. The highest BCUT2D eigenvalue weighted by Crippen LogP contribution is 2.16. The highest BCUT2D eigenvalue weighted by Gasteiger charge is 2.19. The van der Waals surface area contributed by atoms with E-state index in [-0.39, 0.29) is 31.1 Å². The smallest absolute Gasteiger partial charge is 0.306 e. The molecule has 0 N–H and O–H groups in total. The minimum absolute atomic E-state index is 0.0853. The van der Waals surface area contributed by atoms with Crippen molar-refractivity contribution in [2.24, 2.45) is 0 Å². The van der Waals surface area contributed by atoms with Crippen molar-refractivity contribution in [2.45, 2.75) is 297 Å². The van der Waals surface area contributed by atoms with Crippen LogP contribution in [0, 0.1) is 0 Å². The van der Waals surface area contributed by atoms with Crippen molar-refractivity contribution in [2.75, 3.05) is 13.2 Å². The molecule has 0 spiro atoms. The van der Waals surface area contributed by atoms with Crippen molar-refractivity contribution in [1.29, 1.82) is 0 Å². The number of hydrogen-bond donors (Lipinski definition) is 0. The summed E-state index contributed by atoms with van der Waals surface area (Å²) < 4.78 is 16.8. The van der Waals surface area contributed by atoms with Crippen LogP contribution in [0.4, 0.5) is 0 Å². The number of rotatable bonds is 52. The second-order valence-corrected chi connectivity index (χ2v) is 19.2. The molecule has 0 aliphatic rings. The summed E-state index contributed by atoms with van der Waals surface area (Å²) in [6.07, 6.45) is 69.2. The van der Waals surface area contributed by atoms with E-state index in [1.165, 1.54) is 154 Å². The molecule has 1 atom stereocenters. The Morgan fingerprint density at radius 2 is 0.537 bits per heavy atom. The molecule has 0 bridgehead atoms. The van der Waals surface area contributed by atoms with Crippen LogP contribution in [-0.2, 0) is 28.6 Å². The Morgan fingerprint density at radius 1 is 0.299 bits per heavy atom. The number of esters is 3. The lowest BCUT2D eigenvalue weighted by molar-refractivity contribution is -0.167. The van der Waals surface area contributed by atoms with Crippen LogP contribution in [0.25, 0.3) is 0 Å². The molecule has 0 heterocycles. The van der Waals surface area contributed by atoms with Gasteiger partial charge in [-0.15, -0.1) is 0 Å². The molecule has 388 valence electrons. The summed E-state index contributed by atoms with van der Waals surface area (Å²) in [5.41, 5.74) is 0. The summed E-state index contributed by atoms with van der Waals surface area (Å²) in [5, 5.41) is 0. The third kappa shape index (κ3) is 53.9. The van der Waals surface area contributed by atoms with Crippen LogP contribution in [0.1, 0.15) is 290 Å². The average molecular weight is 938 g/mol. The maximum Gasteiger partial charge on any atom is 0.306 e. The standard InChI is InChI=1S/C61H108O6/c1-4-7-10-13-16-19-22-25-27-29-30-32-34-37-39-42-45-48-51-54-60(63)66-57-58(67-61(64)55-52-49-46-43-40-35-24-21-18-15-12-9-6-3)56-65-59(62)53-50-47-44-41-38-36-33-31-28-26-23-20-17-14-11-8-5-2/h16,19,21,24-25,27,30,32,37,39,58H,4-15,17-18,20,22-23,26,28-29,31,33-36,38,40-57H2,1-3H3/b19-16-,24-21-,27-25-,32-30-,39-37-/t58-/m0/s1. The normalized spacial score (nSPS) is 12.5. The first-order chi connectivity index (χ1) is 33.0. The van der Waals surface area contributed by atoms with E-state index in [1.807, 2.05) is 0 Å². The summed E-state index contributed by atoms with van der Waals surface area (Å²) >= 11 is 0. The van der Waals surface area contributed by atoms with E-state index < -0.39 is 6.10 Å². The van der Waals surface area contributed by atoms with Crippen LogP contribution >= 0.6 is 0 Å². The van der Waals surface area contributed by atoms with E-state index in [1.54, 1.807) is 0 Å². The molecule has 0 fully saturated rings. The first-order valence-corrected chi connectivity index (χ1v) is 28.8. The maximum atomic E-state index is 12.8. The predicted molar refractivity (Wildman–Crippen MR) is 288 cm³/mol. The summed E-state index contributed by atoms with van der Waals surface area (Å²) in [5.74, 6) is -0.915. The molecule has 0 aliphatic carbocycles. The van der Waals surface area contributed by atoms with Crippen LogP contribution in [-0.4, -0.2) is 37.2 Å². The molecule has 0 aromatic rings. The Labute approximate surface area is 415 Å². The Balaban J connectivity index is 4.40. The van der Waals surface area contributed by atoms with Gasteiger partial charge in [-0.1, -0.05) is 242 Å². The van der Waals surface area contributed by atoms with Crippen molar-refractivity contribution < 1.29 is 28.6 Å². The first-order valence-electron chi connectivity index (χ1n) is 28.8. The fourth-order valence-corrected chi connectivity index (χ4v) is 8.13. The lowest BCUT2D eigenvalue weighted by Crippen LogP contribution is -2.30. The molecule has 0 rings (SSSR count). The molecule has 0 unspecified atom stereocenters. The third-order valence-electron chi connectivity index (χ3n) is 12.5. The molecule has 0 amide bonds. The minimum Gasteiger partial charge on any atom is -0.462 e. The molecule has 0 aliphatic heterocycles. The van der Waals surface area contributed by atoms with E-state index in [9.17, 15) is 14.4 Å². The Morgan fingerprint density at radius 3 is 0.910 bits per heavy atom. The molecule has 0 saturated heterocycles. The topological polar surface area (TPSA) is 78.9 Å². The zero-order valence-corrected chi connectivity index (χ0v) is 44.4. The van der Waals surface area contributed by atoms with Gasteiger partial charge in [0.2, 0.25) is 0 Å². The molecule has 67 heavy (non-hydrogen) atoms. The van der Waals surface area contributed by atoms with Gasteiger partial charge in [0.15, 0.2) is 6.10 Å². The number of carbonyl (C=O) groups excluding carboxylic acids is 3. The van der Waals surface area contributed by atoms with Gasteiger partial charge < -0.3 is 14.2 Å². The highest BCUT2D eigenvalue weighted by molar-refractivity contribution is 5.71. The van der Waals surface area contributed by atoms with Crippen molar-refractivity contribution in [1.82, 2.24) is 0 Å². The van der Waals surface area contributed by atoms with Gasteiger partial charge in [0.1, 0.15) is 13.2 Å². The molecular formula is C61H108O6. The second kappa shape index (κ2) is 55.7. The number of hydrogen-bond acceptors (Lipinski definition) is 6. The molecule has 0 aromatic carbocycles. The van der Waals surface area contributed by atoms with Crippen molar-refractivity contribution in [3.8, 4) is 0 Å². The first kappa shape index (κ1) is 64.1. The molecule has 0 radical (unpaired) electrons. The summed E-state index contributed by atoms with van der Waals surface area (Å²) in [4.78, 5) is 38.1. The van der Waals surface area contributed by atoms with E-state index >= 15 is 0 Å². The van der Waals surface area contributed by atoms with Gasteiger partial charge in [-0.25, -0.2) is 0 Å². The fraction of sp³-hybridized carbons (Fsp3) is 0.787. The summed E-state index contributed by atoms with van der Waals surface area (Å²) in [6, 6.07) is 0. The van der Waals surface area contributed by atoms with Gasteiger partial charge in [-0.2, -0.15) is 0 Å². The van der Waals surface area contributed by atoms with Gasteiger partial charge >= 0.3 is 17.9 Å². The maximum absolute atomic E-state index is 12.8. The van der Waals surface area contributed by atoms with Gasteiger partial charge in [0.25, 0.3) is 0 Å². The van der Waals surface area contributed by atoms with Crippen LogP contribution in [0.15, 0.2) is 60.8 Å². The van der Waals surface area contributed by atoms with Gasteiger partial charge in [-0.05, 0) is 89.9 Å². The predicted octanol–water partition coefficient (Wildman–Crippen LogP) is 19.2. The van der Waals surface area contributed by atoms with E-state index in [4.69, 9.17) is 14.2 Å². The second-order valence-electron chi connectivity index (χ2n) is 19.2. The molecule has 0 saturated carbocycles. The van der Waals surface area contributed by atoms with Gasteiger partial charge in [0.05, 0.1) is 0 Å². The van der Waals surface area contributed by atoms with Crippen LogP contribution in [0.3, 0.4) is 0 Å². The van der Waals surface area contributed by atoms with Crippen molar-refractivity contribution in [3.63, 3.8) is 0 Å². The fourth-order valence-electron chi connectivity index (χ4n) is 8.13. The van der Waals surface area contributed by atoms with Crippen molar-refractivity contribution >= 4 is 17.9 Å². The SMILES string of the molecule is CCCCC/C=C\C/C=C\C/C=C\C/C=C\CCCCCC(=O)OC[C@H](COC(=O)CCCCCCCCCCCCCCCCCCC)OC(=O)CCCCCCC/C=C\CCCCCC. The van der Waals surface area contributed by atoms with E-state index in [0.29, 0.717) is 19.3 Å². The van der Waals surface area contributed by atoms with Gasteiger partial charge in [-0.3, -0.25) is 14.4 Å². The Bertz CT molecular complexity index is 1210. The lowest BCUT2D eigenvalue weighted by Gasteiger charge is -2.18. The van der Waals surface area contributed by atoms with Crippen molar-refractivity contribution in [3.05, 3.63) is 60.8 Å². The molecule has 6 nitrogen and oxygen atoms in total. The number of unbranched alkanes of at least 4 members (excludes halogenated alkanes) is 31. The Kier molecular flexibility index (Phi) is 53.3. The number of carbonyl (C=O) groups is 3. The quantitative estimate of drug-likeness (QED) is 0.0262. The van der Waals surface area contributed by atoms with Crippen LogP contribution in [0.5, 0.6) is 0 Å². The van der Waals surface area contributed by atoms with E-state index in [0.717, 1.165) is 96.3 Å². The molecular weight excluding hydrogens is 829 g/mol. The van der Waals surface area contributed by atoms with E-state index in [2.05, 4.69) is 81.5 Å². The monoisotopic (exact) mass is 937 g/mol. The molecule has 0 aromatic heterocycles. The summed E-state index contributed by atoms with van der Waals surface area (Å²) in [6.45, 7) is 6.59. The zero-order chi connectivity index (χ0) is 48.6. The van der Waals surface area contributed by atoms with Crippen LogP contribution in [0.2, 0.25) is 0 Å². The van der Waals surface area contributed by atoms with Crippen LogP contribution < -0.4 is 0 Å². The van der Waals surface area contributed by atoms with Gasteiger partial charge in [0, 0.05) is 19.3 Å². The highest BCUT2D eigenvalue weighted by atomic mass is 16.6.